The zero-order valence-electron chi connectivity index (χ0n) is 11.4. The smallest absolute Gasteiger partial charge is 0.140 e. The molecule has 0 amide bonds. The normalized spacial score (nSPS) is 27.4. The van der Waals surface area contributed by atoms with E-state index < -0.39 is 0 Å². The molecule has 3 unspecified atom stereocenters. The standard InChI is InChI=1S/C16H21N3/c1-12-7-8-14(17)15(11-12)19-10-9-18-16(19)13-5-3-2-4-6-13/h2-6,9-10,12,14-15H,7-8,11,17H2,1H3. The average molecular weight is 255 g/mol. The molecule has 2 aromatic rings. The van der Waals surface area contributed by atoms with Crippen molar-refractivity contribution in [2.45, 2.75) is 38.3 Å². The van der Waals surface area contributed by atoms with E-state index >= 15 is 0 Å². The first kappa shape index (κ1) is 12.4. The molecule has 1 heterocycles. The van der Waals surface area contributed by atoms with E-state index in [4.69, 9.17) is 5.73 Å². The van der Waals surface area contributed by atoms with Gasteiger partial charge in [0.1, 0.15) is 5.82 Å². The Morgan fingerprint density at radius 3 is 2.79 bits per heavy atom. The number of nitrogens with zero attached hydrogens (tertiary/aromatic N) is 2. The summed E-state index contributed by atoms with van der Waals surface area (Å²) >= 11 is 0. The van der Waals surface area contributed by atoms with Crippen molar-refractivity contribution in [1.82, 2.24) is 9.55 Å². The number of rotatable bonds is 2. The number of benzene rings is 1. The lowest BCUT2D eigenvalue weighted by atomic mass is 9.83. The Balaban J connectivity index is 1.96. The highest BCUT2D eigenvalue weighted by Gasteiger charge is 2.28. The third-order valence-electron chi connectivity index (χ3n) is 4.19. The number of hydrogen-bond donors (Lipinski definition) is 1. The molecule has 0 saturated heterocycles. The molecule has 1 fully saturated rings. The van der Waals surface area contributed by atoms with E-state index in [0.717, 1.165) is 30.1 Å². The highest BCUT2D eigenvalue weighted by atomic mass is 15.1. The lowest BCUT2D eigenvalue weighted by Crippen LogP contribution is -2.37. The van der Waals surface area contributed by atoms with Crippen molar-refractivity contribution in [3.8, 4) is 11.4 Å². The molecular formula is C16H21N3. The summed E-state index contributed by atoms with van der Waals surface area (Å²) in [4.78, 5) is 4.53. The Bertz CT molecular complexity index is 532. The first-order valence-corrected chi connectivity index (χ1v) is 7.09. The number of aromatic nitrogens is 2. The second-order valence-corrected chi connectivity index (χ2v) is 5.67. The molecule has 100 valence electrons. The van der Waals surface area contributed by atoms with Crippen LogP contribution in [-0.4, -0.2) is 15.6 Å². The fourth-order valence-corrected chi connectivity index (χ4v) is 3.09. The van der Waals surface area contributed by atoms with Crippen LogP contribution in [-0.2, 0) is 0 Å². The van der Waals surface area contributed by atoms with E-state index in [-0.39, 0.29) is 6.04 Å². The fourth-order valence-electron chi connectivity index (χ4n) is 3.09. The monoisotopic (exact) mass is 255 g/mol. The largest absolute Gasteiger partial charge is 0.326 e. The van der Waals surface area contributed by atoms with Crippen LogP contribution in [0.1, 0.15) is 32.2 Å². The summed E-state index contributed by atoms with van der Waals surface area (Å²) < 4.78 is 2.27. The lowest BCUT2D eigenvalue weighted by molar-refractivity contribution is 0.249. The fraction of sp³-hybridized carbons (Fsp3) is 0.438. The number of nitrogens with two attached hydrogens (primary N) is 1. The molecule has 3 atom stereocenters. The van der Waals surface area contributed by atoms with Crippen LogP contribution >= 0.6 is 0 Å². The van der Waals surface area contributed by atoms with Crippen LogP contribution in [0.15, 0.2) is 42.7 Å². The minimum absolute atomic E-state index is 0.243. The van der Waals surface area contributed by atoms with Gasteiger partial charge >= 0.3 is 0 Å². The van der Waals surface area contributed by atoms with Crippen molar-refractivity contribution in [1.29, 1.82) is 0 Å². The maximum Gasteiger partial charge on any atom is 0.140 e. The van der Waals surface area contributed by atoms with Gasteiger partial charge in [0.2, 0.25) is 0 Å². The molecule has 2 N–H and O–H groups in total. The highest BCUT2D eigenvalue weighted by molar-refractivity contribution is 5.55. The SMILES string of the molecule is CC1CCC(N)C(n2ccnc2-c2ccccc2)C1. The van der Waals surface area contributed by atoms with Gasteiger partial charge in [-0.05, 0) is 25.2 Å². The molecule has 1 aromatic heterocycles. The second-order valence-electron chi connectivity index (χ2n) is 5.67. The second kappa shape index (κ2) is 5.17. The molecule has 3 heteroatoms. The van der Waals surface area contributed by atoms with Crippen molar-refractivity contribution in [3.63, 3.8) is 0 Å². The molecule has 1 aromatic carbocycles. The molecule has 1 aliphatic rings. The maximum absolute atomic E-state index is 6.33. The average Bonchev–Trinajstić information content (AvgIpc) is 2.91. The van der Waals surface area contributed by atoms with Crippen LogP contribution < -0.4 is 5.73 Å². The van der Waals surface area contributed by atoms with E-state index in [2.05, 4.69) is 46.9 Å². The van der Waals surface area contributed by atoms with Gasteiger partial charge in [-0.15, -0.1) is 0 Å². The minimum Gasteiger partial charge on any atom is -0.326 e. The van der Waals surface area contributed by atoms with Crippen LogP contribution in [0.3, 0.4) is 0 Å². The zero-order valence-corrected chi connectivity index (χ0v) is 11.4. The van der Waals surface area contributed by atoms with Gasteiger partial charge in [0, 0.05) is 24.0 Å². The van der Waals surface area contributed by atoms with E-state index in [1.165, 1.54) is 6.42 Å². The van der Waals surface area contributed by atoms with Crippen LogP contribution in [0.4, 0.5) is 0 Å². The summed E-state index contributed by atoms with van der Waals surface area (Å²) in [5, 5.41) is 0. The topological polar surface area (TPSA) is 43.8 Å². The molecule has 1 saturated carbocycles. The Morgan fingerprint density at radius 1 is 1.21 bits per heavy atom. The summed E-state index contributed by atoms with van der Waals surface area (Å²) in [7, 11) is 0. The maximum atomic E-state index is 6.33. The summed E-state index contributed by atoms with van der Waals surface area (Å²) in [6, 6.07) is 11.0. The summed E-state index contributed by atoms with van der Waals surface area (Å²) in [6.07, 6.45) is 7.46. The predicted molar refractivity (Wildman–Crippen MR) is 77.7 cm³/mol. The van der Waals surface area contributed by atoms with Gasteiger partial charge in [-0.3, -0.25) is 0 Å². The van der Waals surface area contributed by atoms with Gasteiger partial charge in [-0.25, -0.2) is 4.98 Å². The molecule has 1 aliphatic carbocycles. The van der Waals surface area contributed by atoms with E-state index in [1.807, 2.05) is 12.3 Å². The number of hydrogen-bond acceptors (Lipinski definition) is 2. The van der Waals surface area contributed by atoms with E-state index in [1.54, 1.807) is 0 Å². The Morgan fingerprint density at radius 2 is 2.00 bits per heavy atom. The van der Waals surface area contributed by atoms with Crippen molar-refractivity contribution >= 4 is 0 Å². The van der Waals surface area contributed by atoms with Crippen LogP contribution in [0, 0.1) is 5.92 Å². The Labute approximate surface area is 114 Å². The highest BCUT2D eigenvalue weighted by Crippen LogP contribution is 2.34. The van der Waals surface area contributed by atoms with Gasteiger partial charge in [-0.2, -0.15) is 0 Å². The Hall–Kier alpha value is -1.61. The Kier molecular flexibility index (Phi) is 3.38. The molecule has 0 bridgehead atoms. The van der Waals surface area contributed by atoms with Crippen molar-refractivity contribution in [3.05, 3.63) is 42.7 Å². The van der Waals surface area contributed by atoms with Gasteiger partial charge in [-0.1, -0.05) is 37.3 Å². The predicted octanol–water partition coefficient (Wildman–Crippen LogP) is 3.24. The van der Waals surface area contributed by atoms with Gasteiger partial charge in [0.05, 0.1) is 6.04 Å². The third kappa shape index (κ3) is 2.43. The molecule has 3 rings (SSSR count). The van der Waals surface area contributed by atoms with Crippen molar-refractivity contribution in [2.75, 3.05) is 0 Å². The molecule has 0 spiro atoms. The van der Waals surface area contributed by atoms with Crippen molar-refractivity contribution < 1.29 is 0 Å². The summed E-state index contributed by atoms with van der Waals surface area (Å²) in [5.74, 6) is 1.78. The first-order valence-electron chi connectivity index (χ1n) is 7.09. The van der Waals surface area contributed by atoms with Crippen LogP contribution in [0.5, 0.6) is 0 Å². The van der Waals surface area contributed by atoms with Crippen LogP contribution in [0.25, 0.3) is 11.4 Å². The van der Waals surface area contributed by atoms with Gasteiger partial charge in [0.15, 0.2) is 0 Å². The van der Waals surface area contributed by atoms with Crippen LogP contribution in [0.2, 0.25) is 0 Å². The van der Waals surface area contributed by atoms with E-state index in [0.29, 0.717) is 6.04 Å². The van der Waals surface area contributed by atoms with E-state index in [9.17, 15) is 0 Å². The first-order chi connectivity index (χ1) is 9.25. The summed E-state index contributed by atoms with van der Waals surface area (Å²) in [5.41, 5.74) is 7.50. The lowest BCUT2D eigenvalue weighted by Gasteiger charge is -2.34. The molecule has 3 nitrogen and oxygen atoms in total. The third-order valence-corrected chi connectivity index (χ3v) is 4.19. The molecule has 0 aliphatic heterocycles. The summed E-state index contributed by atoms with van der Waals surface area (Å²) in [6.45, 7) is 2.32. The molecule has 0 radical (unpaired) electrons. The molecular weight excluding hydrogens is 234 g/mol. The molecule has 19 heavy (non-hydrogen) atoms. The zero-order chi connectivity index (χ0) is 13.2. The van der Waals surface area contributed by atoms with Gasteiger partial charge in [0.25, 0.3) is 0 Å². The van der Waals surface area contributed by atoms with Crippen molar-refractivity contribution in [2.24, 2.45) is 11.7 Å². The minimum atomic E-state index is 0.243. The number of imidazole rings is 1. The quantitative estimate of drug-likeness (QED) is 0.895. The van der Waals surface area contributed by atoms with Gasteiger partial charge < -0.3 is 10.3 Å².